The van der Waals surface area contributed by atoms with Gasteiger partial charge in [-0.2, -0.15) is 5.10 Å². The molecular weight excluding hydrogens is 424 g/mol. The lowest BCUT2D eigenvalue weighted by Gasteiger charge is -2.15. The number of rotatable bonds is 6. The van der Waals surface area contributed by atoms with Crippen LogP contribution in [0.4, 0.5) is 0 Å². The molecule has 0 spiro atoms. The van der Waals surface area contributed by atoms with Crippen molar-refractivity contribution in [3.05, 3.63) is 82.3 Å². The maximum absolute atomic E-state index is 13.2. The van der Waals surface area contributed by atoms with Crippen molar-refractivity contribution in [1.29, 1.82) is 0 Å². The molecule has 2 aromatic carbocycles. The van der Waals surface area contributed by atoms with Gasteiger partial charge in [0.25, 0.3) is 5.91 Å². The molecule has 3 heterocycles. The minimum absolute atomic E-state index is 0.0603. The number of aromatic amines is 2. The van der Waals surface area contributed by atoms with Crippen molar-refractivity contribution in [2.45, 2.75) is 25.7 Å². The van der Waals surface area contributed by atoms with Crippen LogP contribution in [0.15, 0.2) is 54.6 Å². The summed E-state index contributed by atoms with van der Waals surface area (Å²) in [6, 6.07) is 17.6. The van der Waals surface area contributed by atoms with E-state index in [9.17, 15) is 4.79 Å². The van der Waals surface area contributed by atoms with Crippen LogP contribution in [0.1, 0.15) is 39.8 Å². The predicted octanol–water partition coefficient (Wildman–Crippen LogP) is 5.10. The summed E-state index contributed by atoms with van der Waals surface area (Å²) in [7, 11) is 0. The summed E-state index contributed by atoms with van der Waals surface area (Å²) >= 11 is 6.13. The number of amides is 1. The lowest BCUT2D eigenvalue weighted by atomic mass is 10.0. The largest absolute Gasteiger partial charge is 0.492 e. The van der Waals surface area contributed by atoms with E-state index >= 15 is 0 Å². The van der Waals surface area contributed by atoms with Crippen molar-refractivity contribution in [2.75, 3.05) is 19.7 Å². The third kappa shape index (κ3) is 3.98. The van der Waals surface area contributed by atoms with Gasteiger partial charge in [-0.25, -0.2) is 0 Å². The molecule has 1 unspecified atom stereocenters. The third-order valence-corrected chi connectivity index (χ3v) is 6.50. The number of nitrogens with zero attached hydrogens (tertiary/aromatic N) is 2. The predicted molar refractivity (Wildman–Crippen MR) is 126 cm³/mol. The second-order valence-corrected chi connectivity index (χ2v) is 8.66. The molecule has 1 amide bonds. The van der Waals surface area contributed by atoms with Gasteiger partial charge < -0.3 is 14.6 Å². The van der Waals surface area contributed by atoms with Crippen LogP contribution < -0.4 is 4.74 Å². The highest BCUT2D eigenvalue weighted by atomic mass is 35.5. The molecule has 2 N–H and O–H groups in total. The topological polar surface area (TPSA) is 74.0 Å². The quantitative estimate of drug-likeness (QED) is 0.430. The molecule has 1 fully saturated rings. The Morgan fingerprint density at radius 3 is 2.88 bits per heavy atom. The number of aryl methyl sites for hydroxylation is 1. The number of likely N-dealkylation sites (tertiary alicyclic amines) is 1. The molecule has 32 heavy (non-hydrogen) atoms. The van der Waals surface area contributed by atoms with Gasteiger partial charge >= 0.3 is 0 Å². The van der Waals surface area contributed by atoms with E-state index in [1.54, 1.807) is 0 Å². The summed E-state index contributed by atoms with van der Waals surface area (Å²) in [5.41, 5.74) is 4.71. The number of hydrogen-bond donors (Lipinski definition) is 2. The van der Waals surface area contributed by atoms with Crippen LogP contribution in [-0.2, 0) is 6.42 Å². The summed E-state index contributed by atoms with van der Waals surface area (Å²) < 4.78 is 5.77. The molecular formula is C25H25ClN4O2. The Bertz CT molecular complexity index is 1260. The van der Waals surface area contributed by atoms with Crippen LogP contribution >= 0.6 is 11.6 Å². The summed E-state index contributed by atoms with van der Waals surface area (Å²) in [5, 5.41) is 9.33. The molecule has 5 rings (SSSR count). The first-order valence-corrected chi connectivity index (χ1v) is 11.3. The molecule has 7 heteroatoms. The van der Waals surface area contributed by atoms with Gasteiger partial charge in [-0.15, -0.1) is 0 Å². The average molecular weight is 449 g/mol. The number of fused-ring (bicyclic) bond motifs is 1. The lowest BCUT2D eigenvalue weighted by molar-refractivity contribution is 0.0785. The van der Waals surface area contributed by atoms with E-state index in [-0.39, 0.29) is 11.8 Å². The number of para-hydroxylation sites is 2. The monoisotopic (exact) mass is 448 g/mol. The Morgan fingerprint density at radius 2 is 2.03 bits per heavy atom. The number of nitrogens with one attached hydrogen (secondary N) is 2. The molecule has 0 radical (unpaired) electrons. The Kier molecular flexibility index (Phi) is 5.62. The number of benzene rings is 2. The number of hydrogen-bond acceptors (Lipinski definition) is 3. The molecule has 1 aliphatic rings. The van der Waals surface area contributed by atoms with Gasteiger partial charge in [0.15, 0.2) is 0 Å². The van der Waals surface area contributed by atoms with Gasteiger partial charge in [-0.3, -0.25) is 9.89 Å². The van der Waals surface area contributed by atoms with Crippen LogP contribution in [0.5, 0.6) is 5.75 Å². The normalized spacial score (nSPS) is 16.1. The van der Waals surface area contributed by atoms with E-state index in [1.165, 1.54) is 0 Å². The second-order valence-electron chi connectivity index (χ2n) is 8.25. The van der Waals surface area contributed by atoms with Crippen molar-refractivity contribution in [1.82, 2.24) is 20.1 Å². The summed E-state index contributed by atoms with van der Waals surface area (Å²) in [4.78, 5) is 18.4. The van der Waals surface area contributed by atoms with Crippen LogP contribution in [0.3, 0.4) is 0 Å². The first-order valence-electron chi connectivity index (χ1n) is 10.9. The Balaban J connectivity index is 1.20. The van der Waals surface area contributed by atoms with Crippen molar-refractivity contribution in [3.63, 3.8) is 0 Å². The van der Waals surface area contributed by atoms with E-state index in [4.69, 9.17) is 16.3 Å². The molecule has 4 aromatic rings. The first-order chi connectivity index (χ1) is 15.6. The smallest absolute Gasteiger partial charge is 0.270 e. The Hall–Kier alpha value is -3.25. The number of carbonyl (C=O) groups is 1. The van der Waals surface area contributed by atoms with Gasteiger partial charge in [0.1, 0.15) is 11.4 Å². The molecule has 0 aliphatic carbocycles. The van der Waals surface area contributed by atoms with Crippen molar-refractivity contribution in [3.8, 4) is 5.75 Å². The Morgan fingerprint density at radius 1 is 1.22 bits per heavy atom. The van der Waals surface area contributed by atoms with Crippen LogP contribution in [0.2, 0.25) is 5.02 Å². The molecule has 6 nitrogen and oxygen atoms in total. The molecule has 1 saturated heterocycles. The fourth-order valence-electron chi connectivity index (χ4n) is 4.39. The zero-order valence-corrected chi connectivity index (χ0v) is 18.7. The van der Waals surface area contributed by atoms with E-state index < -0.39 is 0 Å². The highest BCUT2D eigenvalue weighted by Gasteiger charge is 2.31. The summed E-state index contributed by atoms with van der Waals surface area (Å²) in [5.74, 6) is 0.981. The fraction of sp³-hybridized carbons (Fsp3) is 0.280. The highest BCUT2D eigenvalue weighted by molar-refractivity contribution is 6.32. The SMILES string of the molecule is Cc1c(C(=O)N2CCC(c3cc(CCOc4ccccc4Cl)[nH]n3)C2)[nH]c2ccccc12. The number of H-pyrrole nitrogens is 2. The van der Waals surface area contributed by atoms with Crippen molar-refractivity contribution in [2.24, 2.45) is 0 Å². The van der Waals surface area contributed by atoms with Gasteiger partial charge in [-0.1, -0.05) is 41.9 Å². The zero-order chi connectivity index (χ0) is 22.1. The van der Waals surface area contributed by atoms with Gasteiger partial charge in [0.2, 0.25) is 0 Å². The molecule has 1 atom stereocenters. The minimum atomic E-state index is 0.0603. The zero-order valence-electron chi connectivity index (χ0n) is 17.9. The molecule has 164 valence electrons. The molecule has 0 saturated carbocycles. The van der Waals surface area contributed by atoms with Gasteiger partial charge in [0, 0.05) is 42.0 Å². The number of halogens is 1. The summed E-state index contributed by atoms with van der Waals surface area (Å²) in [6.45, 7) is 3.93. The molecule has 2 aromatic heterocycles. The second kappa shape index (κ2) is 8.71. The number of carbonyl (C=O) groups excluding carboxylic acids is 1. The molecule has 1 aliphatic heterocycles. The van der Waals surface area contributed by atoms with Gasteiger partial charge in [0.05, 0.1) is 17.3 Å². The average Bonchev–Trinajstić information content (AvgIpc) is 3.54. The fourth-order valence-corrected chi connectivity index (χ4v) is 4.58. The summed E-state index contributed by atoms with van der Waals surface area (Å²) in [6.07, 6.45) is 1.62. The minimum Gasteiger partial charge on any atom is -0.492 e. The van der Waals surface area contributed by atoms with E-state index in [2.05, 4.69) is 21.2 Å². The van der Waals surface area contributed by atoms with E-state index in [1.807, 2.05) is 60.4 Å². The highest BCUT2D eigenvalue weighted by Crippen LogP contribution is 2.29. The maximum atomic E-state index is 13.2. The number of ether oxygens (including phenoxy) is 1. The van der Waals surface area contributed by atoms with Gasteiger partial charge in [-0.05, 0) is 43.2 Å². The lowest BCUT2D eigenvalue weighted by Crippen LogP contribution is -2.29. The Labute approximate surface area is 191 Å². The van der Waals surface area contributed by atoms with Crippen molar-refractivity contribution < 1.29 is 9.53 Å². The van der Waals surface area contributed by atoms with Crippen LogP contribution in [0.25, 0.3) is 10.9 Å². The molecule has 0 bridgehead atoms. The van der Waals surface area contributed by atoms with Crippen molar-refractivity contribution >= 4 is 28.4 Å². The maximum Gasteiger partial charge on any atom is 0.270 e. The first kappa shape index (κ1) is 20.6. The standard InChI is InChI=1S/C25H25ClN4O2/c1-16-19-6-2-4-8-21(19)27-24(16)25(31)30-12-10-17(15-30)22-14-18(28-29-22)11-13-32-23-9-5-3-7-20(23)26/h2-9,14,17,27H,10-13,15H2,1H3,(H,28,29). The van der Waals surface area contributed by atoms with Crippen LogP contribution in [0, 0.1) is 6.92 Å². The van der Waals surface area contributed by atoms with E-state index in [0.717, 1.165) is 40.8 Å². The van der Waals surface area contributed by atoms with E-state index in [0.29, 0.717) is 36.0 Å². The van der Waals surface area contributed by atoms with Crippen LogP contribution in [-0.4, -0.2) is 45.7 Å². The third-order valence-electron chi connectivity index (χ3n) is 6.19. The number of aromatic nitrogens is 3.